The normalized spacial score (nSPS) is 21.3. The lowest BCUT2D eigenvalue weighted by Gasteiger charge is -2.22. The highest BCUT2D eigenvalue weighted by Gasteiger charge is 2.20. The zero-order valence-electron chi connectivity index (χ0n) is 7.19. The second kappa shape index (κ2) is 3.53. The third-order valence-corrected chi connectivity index (χ3v) is 3.13. The number of benzene rings is 1. The zero-order chi connectivity index (χ0) is 9.42. The minimum atomic E-state index is -0.130. The molecule has 0 heterocycles. The number of halogens is 2. The van der Waals surface area contributed by atoms with Gasteiger partial charge in [-0.2, -0.15) is 0 Å². The second-order valence-electron chi connectivity index (χ2n) is 3.46. The first-order valence-electron chi connectivity index (χ1n) is 4.42. The molecule has 0 unspecified atom stereocenters. The Morgan fingerprint density at radius 1 is 1.46 bits per heavy atom. The Labute approximate surface area is 90.7 Å². The molecule has 0 saturated carbocycles. The lowest BCUT2D eigenvalue weighted by atomic mass is 9.88. The molecule has 0 radical (unpaired) electrons. The van der Waals surface area contributed by atoms with Crippen LogP contribution in [0.25, 0.3) is 0 Å². The fourth-order valence-electron chi connectivity index (χ4n) is 1.92. The van der Waals surface area contributed by atoms with Gasteiger partial charge in [-0.05, 0) is 59.5 Å². The third kappa shape index (κ3) is 1.72. The van der Waals surface area contributed by atoms with E-state index < -0.39 is 0 Å². The van der Waals surface area contributed by atoms with E-state index >= 15 is 0 Å². The van der Waals surface area contributed by atoms with Crippen LogP contribution in [0.1, 0.15) is 30.0 Å². The van der Waals surface area contributed by atoms with Crippen molar-refractivity contribution in [3.8, 4) is 0 Å². The van der Waals surface area contributed by atoms with Crippen molar-refractivity contribution in [2.24, 2.45) is 5.73 Å². The Bertz CT molecular complexity index is 338. The van der Waals surface area contributed by atoms with Gasteiger partial charge in [0.05, 0.1) is 0 Å². The monoisotopic (exact) mass is 291 g/mol. The van der Waals surface area contributed by atoms with Crippen LogP contribution in [-0.4, -0.2) is 0 Å². The van der Waals surface area contributed by atoms with E-state index in [4.69, 9.17) is 5.73 Å². The molecule has 0 spiro atoms. The first-order chi connectivity index (χ1) is 6.18. The van der Waals surface area contributed by atoms with Crippen LogP contribution in [-0.2, 0) is 6.42 Å². The summed E-state index contributed by atoms with van der Waals surface area (Å²) in [6.07, 6.45) is 2.95. The van der Waals surface area contributed by atoms with E-state index in [2.05, 4.69) is 22.6 Å². The zero-order valence-corrected chi connectivity index (χ0v) is 9.34. The van der Waals surface area contributed by atoms with Crippen LogP contribution < -0.4 is 5.73 Å². The largest absolute Gasteiger partial charge is 0.324 e. The first kappa shape index (κ1) is 9.40. The van der Waals surface area contributed by atoms with Crippen LogP contribution in [0.3, 0.4) is 0 Å². The van der Waals surface area contributed by atoms with Gasteiger partial charge in [-0.15, -0.1) is 0 Å². The summed E-state index contributed by atoms with van der Waals surface area (Å²) < 4.78 is 14.5. The standard InChI is InChI=1S/C10H11FIN/c11-8-5-7(12)4-6-2-1-3-9(13)10(6)8/h4-5,9H,1-3,13H2/t9-/m0/s1. The lowest BCUT2D eigenvalue weighted by molar-refractivity contribution is 0.518. The van der Waals surface area contributed by atoms with E-state index in [9.17, 15) is 4.39 Å². The van der Waals surface area contributed by atoms with Crippen molar-refractivity contribution in [3.05, 3.63) is 32.6 Å². The van der Waals surface area contributed by atoms with Gasteiger partial charge in [-0.25, -0.2) is 4.39 Å². The topological polar surface area (TPSA) is 26.0 Å². The molecule has 1 aromatic carbocycles. The highest BCUT2D eigenvalue weighted by Crippen LogP contribution is 2.31. The molecule has 3 heteroatoms. The smallest absolute Gasteiger partial charge is 0.129 e. The number of aryl methyl sites for hydroxylation is 1. The van der Waals surface area contributed by atoms with Crippen molar-refractivity contribution < 1.29 is 4.39 Å². The number of fused-ring (bicyclic) bond motifs is 1. The Kier molecular flexibility index (Phi) is 2.55. The fraction of sp³-hybridized carbons (Fsp3) is 0.400. The molecule has 1 aromatic rings. The molecule has 2 rings (SSSR count). The number of nitrogens with two attached hydrogens (primary N) is 1. The molecule has 0 fully saturated rings. The predicted octanol–water partition coefficient (Wildman–Crippen LogP) is 2.77. The van der Waals surface area contributed by atoms with Crippen molar-refractivity contribution in [2.75, 3.05) is 0 Å². The van der Waals surface area contributed by atoms with E-state index in [-0.39, 0.29) is 11.9 Å². The van der Waals surface area contributed by atoms with Gasteiger partial charge in [-0.1, -0.05) is 0 Å². The van der Waals surface area contributed by atoms with Crippen molar-refractivity contribution in [2.45, 2.75) is 25.3 Å². The summed E-state index contributed by atoms with van der Waals surface area (Å²) in [5.41, 5.74) is 7.70. The summed E-state index contributed by atoms with van der Waals surface area (Å²) in [6.45, 7) is 0. The molecule has 13 heavy (non-hydrogen) atoms. The third-order valence-electron chi connectivity index (χ3n) is 2.51. The van der Waals surface area contributed by atoms with E-state index in [0.29, 0.717) is 0 Å². The van der Waals surface area contributed by atoms with Crippen molar-refractivity contribution in [1.82, 2.24) is 0 Å². The van der Waals surface area contributed by atoms with Crippen molar-refractivity contribution >= 4 is 22.6 Å². The molecular weight excluding hydrogens is 280 g/mol. The molecule has 1 aliphatic rings. The minimum absolute atomic E-state index is 0.0965. The number of hydrogen-bond donors (Lipinski definition) is 1. The lowest BCUT2D eigenvalue weighted by Crippen LogP contribution is -2.19. The molecule has 0 aliphatic heterocycles. The van der Waals surface area contributed by atoms with Crippen LogP contribution in [0.4, 0.5) is 4.39 Å². The van der Waals surface area contributed by atoms with E-state index in [1.165, 1.54) is 0 Å². The Balaban J connectivity index is 2.56. The molecule has 1 atom stereocenters. The molecule has 1 nitrogen and oxygen atoms in total. The Hall–Kier alpha value is -0.160. The summed E-state index contributed by atoms with van der Waals surface area (Å²) in [5.74, 6) is -0.130. The molecule has 0 saturated heterocycles. The summed E-state index contributed by atoms with van der Waals surface area (Å²) in [5, 5.41) is 0. The number of hydrogen-bond acceptors (Lipinski definition) is 1. The summed E-state index contributed by atoms with van der Waals surface area (Å²) in [6, 6.07) is 3.50. The quantitative estimate of drug-likeness (QED) is 0.731. The van der Waals surface area contributed by atoms with E-state index in [1.54, 1.807) is 6.07 Å². The predicted molar refractivity (Wildman–Crippen MR) is 59.0 cm³/mol. The van der Waals surface area contributed by atoms with Crippen LogP contribution in [0.15, 0.2) is 12.1 Å². The molecule has 1 aliphatic carbocycles. The molecule has 0 bridgehead atoms. The molecule has 70 valence electrons. The summed E-state index contributed by atoms with van der Waals surface area (Å²) in [4.78, 5) is 0. The first-order valence-corrected chi connectivity index (χ1v) is 5.50. The highest BCUT2D eigenvalue weighted by molar-refractivity contribution is 14.1. The fourth-order valence-corrected chi connectivity index (χ4v) is 2.57. The van der Waals surface area contributed by atoms with Gasteiger partial charge < -0.3 is 5.73 Å². The second-order valence-corrected chi connectivity index (χ2v) is 4.70. The van der Waals surface area contributed by atoms with Gasteiger partial charge in [0.15, 0.2) is 0 Å². The molecule has 0 amide bonds. The maximum Gasteiger partial charge on any atom is 0.129 e. The van der Waals surface area contributed by atoms with Gasteiger partial charge >= 0.3 is 0 Å². The Morgan fingerprint density at radius 2 is 2.23 bits per heavy atom. The summed E-state index contributed by atoms with van der Waals surface area (Å²) >= 11 is 2.14. The maximum absolute atomic E-state index is 13.5. The van der Waals surface area contributed by atoms with Crippen LogP contribution in [0.2, 0.25) is 0 Å². The highest BCUT2D eigenvalue weighted by atomic mass is 127. The SMILES string of the molecule is N[C@H]1CCCc2cc(I)cc(F)c21. The van der Waals surface area contributed by atoms with E-state index in [1.807, 2.05) is 6.07 Å². The van der Waals surface area contributed by atoms with Crippen LogP contribution >= 0.6 is 22.6 Å². The van der Waals surface area contributed by atoms with E-state index in [0.717, 1.165) is 34.0 Å². The molecule has 2 N–H and O–H groups in total. The average Bonchev–Trinajstić information content (AvgIpc) is 2.02. The van der Waals surface area contributed by atoms with Gasteiger partial charge in [0, 0.05) is 15.2 Å². The molecular formula is C10H11FIN. The van der Waals surface area contributed by atoms with Crippen LogP contribution in [0.5, 0.6) is 0 Å². The van der Waals surface area contributed by atoms with Gasteiger partial charge in [-0.3, -0.25) is 0 Å². The maximum atomic E-state index is 13.5. The summed E-state index contributed by atoms with van der Waals surface area (Å²) in [7, 11) is 0. The Morgan fingerprint density at radius 3 is 3.00 bits per heavy atom. The van der Waals surface area contributed by atoms with Gasteiger partial charge in [0.1, 0.15) is 5.82 Å². The minimum Gasteiger partial charge on any atom is -0.324 e. The van der Waals surface area contributed by atoms with Crippen molar-refractivity contribution in [1.29, 1.82) is 0 Å². The average molecular weight is 291 g/mol. The van der Waals surface area contributed by atoms with Gasteiger partial charge in [0.2, 0.25) is 0 Å². The van der Waals surface area contributed by atoms with Crippen molar-refractivity contribution in [3.63, 3.8) is 0 Å². The molecule has 0 aromatic heterocycles. The van der Waals surface area contributed by atoms with Gasteiger partial charge in [0.25, 0.3) is 0 Å². The van der Waals surface area contributed by atoms with Crippen LogP contribution in [0, 0.1) is 9.39 Å². The number of rotatable bonds is 0.